The molecule has 0 spiro atoms. The Kier molecular flexibility index (Phi) is 9.70. The third-order valence-corrected chi connectivity index (χ3v) is 6.74. The first-order valence-electron chi connectivity index (χ1n) is 9.50. The minimum atomic E-state index is -1.98. The van der Waals surface area contributed by atoms with Crippen LogP contribution in [0.1, 0.15) is 6.42 Å². The van der Waals surface area contributed by atoms with Crippen LogP contribution in [0.5, 0.6) is 0 Å². The zero-order valence-electron chi connectivity index (χ0n) is 19.1. The molecule has 0 aliphatic rings. The predicted octanol–water partition coefficient (Wildman–Crippen LogP) is 5.05. The second kappa shape index (κ2) is 9.62. The maximum atomic E-state index is 12.8. The molecule has 0 amide bonds. The Bertz CT molecular complexity index is 444. The van der Waals surface area contributed by atoms with Gasteiger partial charge in [0.25, 0.3) is 0 Å². The van der Waals surface area contributed by atoms with E-state index in [4.69, 9.17) is 17.7 Å². The standard InChI is InChI=1S/C17H42O5Si4/c1-23(2,3)19-14-15(20-24(4,5)6)13-16(21-25(7,8)9)17(18)22-26(10,11)12/h15-16H,13-14H2,1-12H3/t15-,16+/m0/s1. The summed E-state index contributed by atoms with van der Waals surface area (Å²) in [4.78, 5) is 12.8. The fourth-order valence-electron chi connectivity index (χ4n) is 2.22. The lowest BCUT2D eigenvalue weighted by Gasteiger charge is -2.33. The fraction of sp³-hybridized carbons (Fsp3) is 0.941. The first-order chi connectivity index (χ1) is 11.3. The average molecular weight is 439 g/mol. The van der Waals surface area contributed by atoms with Gasteiger partial charge in [0, 0.05) is 6.42 Å². The Morgan fingerprint density at radius 3 is 1.50 bits per heavy atom. The van der Waals surface area contributed by atoms with Crippen LogP contribution in [-0.4, -0.2) is 58.1 Å². The van der Waals surface area contributed by atoms with E-state index in [1.54, 1.807) is 0 Å². The van der Waals surface area contributed by atoms with Crippen molar-refractivity contribution in [3.05, 3.63) is 0 Å². The van der Waals surface area contributed by atoms with Crippen LogP contribution in [0.15, 0.2) is 0 Å². The van der Waals surface area contributed by atoms with Crippen LogP contribution in [0.4, 0.5) is 0 Å². The number of rotatable bonds is 11. The molecule has 0 aromatic carbocycles. The van der Waals surface area contributed by atoms with E-state index in [0.717, 1.165) is 0 Å². The molecule has 0 N–H and O–H groups in total. The van der Waals surface area contributed by atoms with Crippen LogP contribution in [0.25, 0.3) is 0 Å². The SMILES string of the molecule is C[Si](C)(C)OC[C@H](C[C@@H](O[Si](C)(C)C)C(=O)O[Si](C)(C)C)O[Si](C)(C)C. The van der Waals surface area contributed by atoms with E-state index < -0.39 is 39.4 Å². The van der Waals surface area contributed by atoms with Gasteiger partial charge in [-0.25, -0.2) is 0 Å². The summed E-state index contributed by atoms with van der Waals surface area (Å²) < 4.78 is 24.4. The van der Waals surface area contributed by atoms with E-state index in [9.17, 15) is 4.79 Å². The Morgan fingerprint density at radius 2 is 1.15 bits per heavy atom. The monoisotopic (exact) mass is 438 g/mol. The Hall–Kier alpha value is 0.218. The molecule has 0 bridgehead atoms. The Balaban J connectivity index is 5.34. The smallest absolute Gasteiger partial charge is 0.320 e. The number of hydrogen-bond donors (Lipinski definition) is 0. The molecule has 5 nitrogen and oxygen atoms in total. The molecule has 0 aliphatic heterocycles. The number of carbonyl (C=O) groups excluding carboxylic acids is 1. The van der Waals surface area contributed by atoms with Gasteiger partial charge in [0.1, 0.15) is 6.10 Å². The van der Waals surface area contributed by atoms with Gasteiger partial charge in [-0.3, -0.25) is 4.79 Å². The van der Waals surface area contributed by atoms with Crippen molar-refractivity contribution in [3.63, 3.8) is 0 Å². The molecule has 0 heterocycles. The van der Waals surface area contributed by atoms with Crippen molar-refractivity contribution in [1.29, 1.82) is 0 Å². The minimum absolute atomic E-state index is 0.149. The Labute approximate surface area is 165 Å². The van der Waals surface area contributed by atoms with E-state index in [0.29, 0.717) is 13.0 Å². The molecular formula is C17H42O5Si4. The molecule has 0 aromatic heterocycles. The lowest BCUT2D eigenvalue weighted by Crippen LogP contribution is -2.46. The number of carbonyl (C=O) groups is 1. The van der Waals surface area contributed by atoms with Gasteiger partial charge >= 0.3 is 5.97 Å². The highest BCUT2D eigenvalue weighted by atomic mass is 28.4. The van der Waals surface area contributed by atoms with Crippen LogP contribution < -0.4 is 0 Å². The van der Waals surface area contributed by atoms with Gasteiger partial charge in [0.15, 0.2) is 25.0 Å². The van der Waals surface area contributed by atoms with Crippen molar-refractivity contribution in [2.75, 3.05) is 6.61 Å². The quantitative estimate of drug-likeness (QED) is 0.423. The zero-order valence-corrected chi connectivity index (χ0v) is 23.1. The van der Waals surface area contributed by atoms with Crippen molar-refractivity contribution in [2.45, 2.75) is 97.2 Å². The second-order valence-electron chi connectivity index (χ2n) is 10.8. The first-order valence-corrected chi connectivity index (χ1v) is 23.1. The van der Waals surface area contributed by atoms with Crippen LogP contribution in [0.3, 0.4) is 0 Å². The third-order valence-electron chi connectivity index (χ3n) is 2.86. The van der Waals surface area contributed by atoms with E-state index in [1.165, 1.54) is 0 Å². The average Bonchev–Trinajstić information content (AvgIpc) is 2.28. The molecule has 0 radical (unpaired) electrons. The predicted molar refractivity (Wildman–Crippen MR) is 120 cm³/mol. The summed E-state index contributed by atoms with van der Waals surface area (Å²) >= 11 is 0. The summed E-state index contributed by atoms with van der Waals surface area (Å²) in [6.07, 6.45) is -0.244. The zero-order chi connectivity index (χ0) is 21.0. The molecule has 26 heavy (non-hydrogen) atoms. The summed E-state index contributed by atoms with van der Waals surface area (Å²) in [5, 5.41) is 0. The third kappa shape index (κ3) is 15.3. The van der Waals surface area contributed by atoms with Gasteiger partial charge in [-0.2, -0.15) is 0 Å². The van der Waals surface area contributed by atoms with Crippen LogP contribution >= 0.6 is 0 Å². The highest BCUT2D eigenvalue weighted by Crippen LogP contribution is 2.21. The van der Waals surface area contributed by atoms with E-state index in [1.807, 2.05) is 19.6 Å². The molecular weight excluding hydrogens is 397 g/mol. The molecule has 156 valence electrons. The molecule has 2 atom stereocenters. The van der Waals surface area contributed by atoms with Crippen molar-refractivity contribution in [3.8, 4) is 0 Å². The molecule has 0 saturated carbocycles. The summed E-state index contributed by atoms with van der Waals surface area (Å²) in [7, 11) is -7.32. The molecule has 0 aromatic rings. The van der Waals surface area contributed by atoms with E-state index in [2.05, 4.69) is 58.9 Å². The molecule has 9 heteroatoms. The van der Waals surface area contributed by atoms with E-state index >= 15 is 0 Å². The summed E-state index contributed by atoms with van der Waals surface area (Å²) in [6.45, 7) is 25.8. The molecule has 0 unspecified atom stereocenters. The highest BCUT2D eigenvalue weighted by Gasteiger charge is 2.35. The largest absolute Gasteiger partial charge is 0.518 e. The summed E-state index contributed by atoms with van der Waals surface area (Å²) in [5.41, 5.74) is 0. The Morgan fingerprint density at radius 1 is 0.692 bits per heavy atom. The summed E-state index contributed by atoms with van der Waals surface area (Å²) in [6, 6.07) is 0. The lowest BCUT2D eigenvalue weighted by molar-refractivity contribution is -0.145. The molecule has 0 rings (SSSR count). The van der Waals surface area contributed by atoms with Crippen LogP contribution in [0, 0.1) is 0 Å². The second-order valence-corrected chi connectivity index (χ2v) is 28.6. The fourth-order valence-corrected chi connectivity index (χ4v) is 5.85. The molecule has 0 fully saturated rings. The van der Waals surface area contributed by atoms with Gasteiger partial charge in [-0.05, 0) is 78.6 Å². The highest BCUT2D eigenvalue weighted by molar-refractivity contribution is 6.72. The van der Waals surface area contributed by atoms with Crippen molar-refractivity contribution in [2.24, 2.45) is 0 Å². The summed E-state index contributed by atoms with van der Waals surface area (Å²) in [5.74, 6) is -0.247. The topological polar surface area (TPSA) is 54.0 Å². The lowest BCUT2D eigenvalue weighted by atomic mass is 10.2. The van der Waals surface area contributed by atoms with Gasteiger partial charge in [-0.15, -0.1) is 0 Å². The van der Waals surface area contributed by atoms with Crippen molar-refractivity contribution < 1.29 is 22.5 Å². The first kappa shape index (κ1) is 26.2. The molecule has 0 saturated heterocycles. The number of hydrogen-bond acceptors (Lipinski definition) is 5. The maximum Gasteiger partial charge on any atom is 0.320 e. The normalized spacial score (nSPS) is 16.3. The van der Waals surface area contributed by atoms with Gasteiger partial charge in [0.2, 0.25) is 8.32 Å². The van der Waals surface area contributed by atoms with Crippen LogP contribution in [0.2, 0.25) is 78.6 Å². The van der Waals surface area contributed by atoms with Gasteiger partial charge in [0.05, 0.1) is 12.7 Å². The van der Waals surface area contributed by atoms with Crippen molar-refractivity contribution >= 4 is 39.2 Å². The minimum Gasteiger partial charge on any atom is -0.518 e. The van der Waals surface area contributed by atoms with E-state index in [-0.39, 0.29) is 12.1 Å². The van der Waals surface area contributed by atoms with Gasteiger partial charge in [-0.1, -0.05) is 0 Å². The maximum absolute atomic E-state index is 12.8. The van der Waals surface area contributed by atoms with Gasteiger partial charge < -0.3 is 17.7 Å². The van der Waals surface area contributed by atoms with Crippen LogP contribution in [-0.2, 0) is 22.5 Å². The van der Waals surface area contributed by atoms with Crippen molar-refractivity contribution in [1.82, 2.24) is 0 Å². The molecule has 0 aliphatic carbocycles.